The molecule has 0 saturated carbocycles. The lowest BCUT2D eigenvalue weighted by Gasteiger charge is -2.02. The van der Waals surface area contributed by atoms with E-state index in [2.05, 4.69) is 10.2 Å². The summed E-state index contributed by atoms with van der Waals surface area (Å²) >= 11 is 0. The Bertz CT molecular complexity index is 622. The van der Waals surface area contributed by atoms with E-state index in [-0.39, 0.29) is 23.7 Å². The minimum absolute atomic E-state index is 0.122. The fraction of sp³-hybridized carbons (Fsp3) is 0.182. The lowest BCUT2D eigenvalue weighted by molar-refractivity contribution is -0.385. The van der Waals surface area contributed by atoms with Gasteiger partial charge in [0, 0.05) is 13.0 Å². The molecule has 0 aliphatic heterocycles. The van der Waals surface area contributed by atoms with Crippen LogP contribution in [0.15, 0.2) is 28.7 Å². The first-order valence-corrected chi connectivity index (χ1v) is 5.27. The summed E-state index contributed by atoms with van der Waals surface area (Å²) in [7, 11) is 0. The second kappa shape index (κ2) is 5.25. The van der Waals surface area contributed by atoms with Crippen LogP contribution < -0.4 is 0 Å². The van der Waals surface area contributed by atoms with Gasteiger partial charge in [0.05, 0.1) is 4.92 Å². The van der Waals surface area contributed by atoms with Crippen molar-refractivity contribution >= 4 is 11.7 Å². The lowest BCUT2D eigenvalue weighted by Crippen LogP contribution is -2.08. The van der Waals surface area contributed by atoms with Crippen LogP contribution in [0.1, 0.15) is 22.1 Å². The van der Waals surface area contributed by atoms with Gasteiger partial charge in [0.15, 0.2) is 6.61 Å². The molecular weight excluding hydrogens is 254 g/mol. The van der Waals surface area contributed by atoms with Gasteiger partial charge in [0.2, 0.25) is 5.89 Å². The molecule has 0 atom stereocenters. The zero-order valence-corrected chi connectivity index (χ0v) is 9.90. The van der Waals surface area contributed by atoms with Gasteiger partial charge in [-0.2, -0.15) is 0 Å². The molecule has 2 rings (SSSR count). The van der Waals surface area contributed by atoms with E-state index in [9.17, 15) is 14.9 Å². The van der Waals surface area contributed by atoms with Crippen LogP contribution in [0.25, 0.3) is 0 Å². The second-order valence-corrected chi connectivity index (χ2v) is 3.57. The van der Waals surface area contributed by atoms with Crippen molar-refractivity contribution in [3.8, 4) is 0 Å². The number of aryl methyl sites for hydroxylation is 1. The van der Waals surface area contributed by atoms with Crippen molar-refractivity contribution in [2.45, 2.75) is 13.5 Å². The molecule has 0 aliphatic carbocycles. The average molecular weight is 263 g/mol. The minimum Gasteiger partial charge on any atom is -0.452 e. The summed E-state index contributed by atoms with van der Waals surface area (Å²) in [6.07, 6.45) is 0. The van der Waals surface area contributed by atoms with Gasteiger partial charge < -0.3 is 9.15 Å². The van der Waals surface area contributed by atoms with E-state index in [1.807, 2.05) is 0 Å². The van der Waals surface area contributed by atoms with Crippen LogP contribution in [0, 0.1) is 17.0 Å². The molecule has 0 saturated heterocycles. The summed E-state index contributed by atoms with van der Waals surface area (Å²) < 4.78 is 9.89. The summed E-state index contributed by atoms with van der Waals surface area (Å²) in [6.45, 7) is 1.37. The van der Waals surface area contributed by atoms with Crippen LogP contribution in [0.2, 0.25) is 0 Å². The first kappa shape index (κ1) is 12.7. The van der Waals surface area contributed by atoms with Crippen molar-refractivity contribution in [2.75, 3.05) is 0 Å². The highest BCUT2D eigenvalue weighted by atomic mass is 16.6. The summed E-state index contributed by atoms with van der Waals surface area (Å²) in [5, 5.41) is 18.0. The molecule has 0 spiro atoms. The molecule has 0 unspecified atom stereocenters. The van der Waals surface area contributed by atoms with Gasteiger partial charge in [-0.1, -0.05) is 12.1 Å². The Morgan fingerprint density at radius 3 is 2.79 bits per heavy atom. The first-order chi connectivity index (χ1) is 9.08. The van der Waals surface area contributed by atoms with E-state index in [0.717, 1.165) is 0 Å². The number of nitro groups is 1. The molecule has 0 bridgehead atoms. The van der Waals surface area contributed by atoms with Crippen LogP contribution in [0.3, 0.4) is 0 Å². The number of nitro benzene ring substituents is 1. The topological polar surface area (TPSA) is 108 Å². The number of carbonyl (C=O) groups excluding carboxylic acids is 1. The van der Waals surface area contributed by atoms with Crippen LogP contribution in [-0.2, 0) is 11.3 Å². The Morgan fingerprint density at radius 1 is 1.42 bits per heavy atom. The standard InChI is InChI=1S/C11H9N3O5/c1-7-12-13-10(19-7)6-18-11(15)8-4-2-3-5-9(8)14(16)17/h2-5H,6H2,1H3. The van der Waals surface area contributed by atoms with E-state index in [0.29, 0.717) is 5.89 Å². The monoisotopic (exact) mass is 263 g/mol. The maximum atomic E-state index is 11.7. The zero-order chi connectivity index (χ0) is 13.8. The summed E-state index contributed by atoms with van der Waals surface area (Å²) in [5.74, 6) is -0.343. The third kappa shape index (κ3) is 2.92. The SMILES string of the molecule is Cc1nnc(COC(=O)c2ccccc2[N+](=O)[O-])o1. The largest absolute Gasteiger partial charge is 0.452 e. The lowest BCUT2D eigenvalue weighted by atomic mass is 10.2. The Hall–Kier alpha value is -2.77. The van der Waals surface area contributed by atoms with Gasteiger partial charge in [-0.25, -0.2) is 4.79 Å². The summed E-state index contributed by atoms with van der Waals surface area (Å²) in [6, 6.07) is 5.53. The van der Waals surface area contributed by atoms with Crippen molar-refractivity contribution < 1.29 is 18.9 Å². The van der Waals surface area contributed by atoms with Gasteiger partial charge >= 0.3 is 5.97 Å². The molecular formula is C11H9N3O5. The molecule has 1 aromatic carbocycles. The predicted octanol–water partition coefficient (Wildman–Crippen LogP) is 1.64. The van der Waals surface area contributed by atoms with Crippen molar-refractivity contribution in [3.05, 3.63) is 51.7 Å². The number of carbonyl (C=O) groups is 1. The highest BCUT2D eigenvalue weighted by Crippen LogP contribution is 2.18. The fourth-order valence-corrected chi connectivity index (χ4v) is 1.41. The van der Waals surface area contributed by atoms with Crippen LogP contribution in [0.5, 0.6) is 0 Å². The van der Waals surface area contributed by atoms with E-state index in [1.54, 1.807) is 6.92 Å². The molecule has 8 heteroatoms. The number of nitrogens with zero attached hydrogens (tertiary/aromatic N) is 3. The second-order valence-electron chi connectivity index (χ2n) is 3.57. The molecule has 0 radical (unpaired) electrons. The van der Waals surface area contributed by atoms with Gasteiger partial charge in [-0.15, -0.1) is 10.2 Å². The number of para-hydroxylation sites is 1. The average Bonchev–Trinajstić information content (AvgIpc) is 2.81. The number of rotatable bonds is 4. The molecule has 2 aromatic rings. The normalized spacial score (nSPS) is 10.2. The maximum Gasteiger partial charge on any atom is 0.345 e. The van der Waals surface area contributed by atoms with E-state index in [4.69, 9.17) is 9.15 Å². The van der Waals surface area contributed by atoms with Gasteiger partial charge in [-0.05, 0) is 6.07 Å². The number of hydrogen-bond acceptors (Lipinski definition) is 7. The van der Waals surface area contributed by atoms with Crippen molar-refractivity contribution in [3.63, 3.8) is 0 Å². The predicted molar refractivity (Wildman–Crippen MR) is 61.3 cm³/mol. The molecule has 0 amide bonds. The highest BCUT2D eigenvalue weighted by molar-refractivity contribution is 5.93. The van der Waals surface area contributed by atoms with Gasteiger partial charge in [0.1, 0.15) is 5.56 Å². The third-order valence-corrected chi connectivity index (χ3v) is 2.22. The number of hydrogen-bond donors (Lipinski definition) is 0. The summed E-state index contributed by atoms with van der Waals surface area (Å²) in [4.78, 5) is 21.8. The number of benzene rings is 1. The van der Waals surface area contributed by atoms with Crippen molar-refractivity contribution in [1.29, 1.82) is 0 Å². The first-order valence-electron chi connectivity index (χ1n) is 5.27. The van der Waals surface area contributed by atoms with Crippen LogP contribution in [-0.4, -0.2) is 21.1 Å². The molecule has 19 heavy (non-hydrogen) atoms. The molecule has 8 nitrogen and oxygen atoms in total. The number of ether oxygens (including phenoxy) is 1. The van der Waals surface area contributed by atoms with Crippen LogP contribution in [0.4, 0.5) is 5.69 Å². The molecule has 1 heterocycles. The Kier molecular flexibility index (Phi) is 3.51. The van der Waals surface area contributed by atoms with E-state index < -0.39 is 10.9 Å². The Labute approximate surface area is 107 Å². The Morgan fingerprint density at radius 2 is 2.16 bits per heavy atom. The third-order valence-electron chi connectivity index (χ3n) is 2.22. The van der Waals surface area contributed by atoms with Crippen molar-refractivity contribution in [2.24, 2.45) is 0 Å². The van der Waals surface area contributed by atoms with Gasteiger partial charge in [-0.3, -0.25) is 10.1 Å². The van der Waals surface area contributed by atoms with Gasteiger partial charge in [0.25, 0.3) is 11.6 Å². The summed E-state index contributed by atoms with van der Waals surface area (Å²) in [5.41, 5.74) is -0.432. The Balaban J connectivity index is 2.10. The highest BCUT2D eigenvalue weighted by Gasteiger charge is 2.21. The van der Waals surface area contributed by atoms with E-state index in [1.165, 1.54) is 24.3 Å². The zero-order valence-electron chi connectivity index (χ0n) is 9.90. The molecule has 0 fully saturated rings. The van der Waals surface area contributed by atoms with Crippen LogP contribution >= 0.6 is 0 Å². The van der Waals surface area contributed by atoms with Crippen molar-refractivity contribution in [1.82, 2.24) is 10.2 Å². The quantitative estimate of drug-likeness (QED) is 0.468. The minimum atomic E-state index is -0.817. The molecule has 1 aromatic heterocycles. The molecule has 98 valence electrons. The smallest absolute Gasteiger partial charge is 0.345 e. The molecule has 0 N–H and O–H groups in total. The number of esters is 1. The molecule has 0 aliphatic rings. The maximum absolute atomic E-state index is 11.7. The fourth-order valence-electron chi connectivity index (χ4n) is 1.41. The van der Waals surface area contributed by atoms with E-state index >= 15 is 0 Å². The number of aromatic nitrogens is 2.